The van der Waals surface area contributed by atoms with Crippen molar-refractivity contribution < 1.29 is 19.2 Å². The highest BCUT2D eigenvalue weighted by atomic mass is 16.5. The normalized spacial score (nSPS) is 19.8. The number of carbonyl (C=O) groups excluding carboxylic acids is 1. The molecule has 6 nitrogen and oxygen atoms in total. The molecule has 2 rings (SSSR count). The third kappa shape index (κ3) is 2.69. The van der Waals surface area contributed by atoms with Gasteiger partial charge < -0.3 is 14.5 Å². The largest absolute Gasteiger partial charge is 0.480 e. The van der Waals surface area contributed by atoms with E-state index in [0.717, 1.165) is 12.8 Å². The van der Waals surface area contributed by atoms with Gasteiger partial charge >= 0.3 is 5.97 Å². The Labute approximate surface area is 105 Å². The summed E-state index contributed by atoms with van der Waals surface area (Å²) in [5, 5.41) is 12.9. The summed E-state index contributed by atoms with van der Waals surface area (Å²) in [6.07, 6.45) is 2.33. The van der Waals surface area contributed by atoms with Crippen LogP contribution in [-0.2, 0) is 16.0 Å². The van der Waals surface area contributed by atoms with Gasteiger partial charge in [0.05, 0.1) is 12.1 Å². The maximum absolute atomic E-state index is 12.1. The fraction of sp³-hybridized carbons (Fsp3) is 0.583. The molecule has 0 spiro atoms. The lowest BCUT2D eigenvalue weighted by atomic mass is 10.0. The molecule has 1 aromatic rings. The Bertz CT molecular complexity index is 455. The molecule has 0 radical (unpaired) electrons. The Morgan fingerprint density at radius 1 is 1.56 bits per heavy atom. The Hall–Kier alpha value is -1.85. The number of hydrogen-bond donors (Lipinski definition) is 1. The average Bonchev–Trinajstić information content (AvgIpc) is 2.74. The van der Waals surface area contributed by atoms with Crippen molar-refractivity contribution in [2.75, 3.05) is 6.54 Å². The first-order valence-electron chi connectivity index (χ1n) is 6.02. The van der Waals surface area contributed by atoms with Crippen molar-refractivity contribution >= 4 is 11.9 Å². The van der Waals surface area contributed by atoms with Crippen LogP contribution in [0.2, 0.25) is 0 Å². The number of aromatic nitrogens is 1. The van der Waals surface area contributed by atoms with Crippen LogP contribution in [0.4, 0.5) is 0 Å². The van der Waals surface area contributed by atoms with Crippen LogP contribution in [0.3, 0.4) is 0 Å². The summed E-state index contributed by atoms with van der Waals surface area (Å²) in [7, 11) is 0. The quantitative estimate of drug-likeness (QED) is 0.867. The van der Waals surface area contributed by atoms with Gasteiger partial charge in [0, 0.05) is 12.6 Å². The molecule has 0 aliphatic carbocycles. The van der Waals surface area contributed by atoms with Crippen LogP contribution in [-0.4, -0.2) is 39.6 Å². The van der Waals surface area contributed by atoms with Crippen LogP contribution >= 0.6 is 0 Å². The van der Waals surface area contributed by atoms with Crippen molar-refractivity contribution in [1.29, 1.82) is 0 Å². The van der Waals surface area contributed by atoms with Gasteiger partial charge in [-0.2, -0.15) is 0 Å². The zero-order valence-electron chi connectivity index (χ0n) is 10.3. The first-order chi connectivity index (χ1) is 8.58. The van der Waals surface area contributed by atoms with E-state index in [2.05, 4.69) is 5.16 Å². The van der Waals surface area contributed by atoms with Gasteiger partial charge in [0.2, 0.25) is 5.91 Å². The molecule has 2 heterocycles. The van der Waals surface area contributed by atoms with E-state index >= 15 is 0 Å². The van der Waals surface area contributed by atoms with Crippen molar-refractivity contribution in [3.8, 4) is 0 Å². The summed E-state index contributed by atoms with van der Waals surface area (Å²) in [4.78, 5) is 24.6. The molecule has 1 amide bonds. The van der Waals surface area contributed by atoms with E-state index in [9.17, 15) is 9.59 Å². The lowest BCUT2D eigenvalue weighted by molar-refractivity contribution is -0.151. The van der Waals surface area contributed by atoms with Crippen LogP contribution in [0.5, 0.6) is 0 Å². The fourth-order valence-electron chi connectivity index (χ4n) is 2.24. The van der Waals surface area contributed by atoms with E-state index in [4.69, 9.17) is 9.63 Å². The number of carboxylic acids is 1. The second kappa shape index (κ2) is 5.20. The van der Waals surface area contributed by atoms with Gasteiger partial charge in [-0.15, -0.1) is 0 Å². The summed E-state index contributed by atoms with van der Waals surface area (Å²) >= 11 is 0. The van der Waals surface area contributed by atoms with Gasteiger partial charge in [-0.1, -0.05) is 5.16 Å². The zero-order chi connectivity index (χ0) is 13.1. The summed E-state index contributed by atoms with van der Waals surface area (Å²) in [5.74, 6) is -0.485. The Kier molecular flexibility index (Phi) is 3.64. The number of carboxylic acid groups (broad SMARTS) is 1. The lowest BCUT2D eigenvalue weighted by Gasteiger charge is -2.32. The van der Waals surface area contributed by atoms with Crippen molar-refractivity contribution in [2.24, 2.45) is 0 Å². The summed E-state index contributed by atoms with van der Waals surface area (Å²) in [5.41, 5.74) is 0.548. The average molecular weight is 252 g/mol. The first kappa shape index (κ1) is 12.6. The number of carbonyl (C=O) groups is 2. The second-order valence-electron chi connectivity index (χ2n) is 4.54. The van der Waals surface area contributed by atoms with E-state index < -0.39 is 12.0 Å². The highest BCUT2D eigenvalue weighted by Gasteiger charge is 2.31. The molecule has 0 unspecified atom stereocenters. The van der Waals surface area contributed by atoms with Crippen molar-refractivity contribution in [3.63, 3.8) is 0 Å². The SMILES string of the molecule is Cc1cc(CC(=O)N2CCCC[C@H]2C(=O)O)no1. The van der Waals surface area contributed by atoms with E-state index in [1.165, 1.54) is 4.90 Å². The van der Waals surface area contributed by atoms with E-state index in [1.807, 2.05) is 0 Å². The van der Waals surface area contributed by atoms with Crippen molar-refractivity contribution in [3.05, 3.63) is 17.5 Å². The molecule has 98 valence electrons. The van der Waals surface area contributed by atoms with Gasteiger partial charge in [-0.3, -0.25) is 4.79 Å². The lowest BCUT2D eigenvalue weighted by Crippen LogP contribution is -2.48. The number of piperidine rings is 1. The molecular formula is C12H16N2O4. The van der Waals surface area contributed by atoms with Gasteiger partial charge in [-0.25, -0.2) is 4.79 Å². The third-order valence-corrected chi connectivity index (χ3v) is 3.12. The van der Waals surface area contributed by atoms with Crippen LogP contribution in [0, 0.1) is 6.92 Å². The number of aliphatic carboxylic acids is 1. The molecule has 1 atom stereocenters. The van der Waals surface area contributed by atoms with E-state index in [0.29, 0.717) is 24.4 Å². The molecule has 0 saturated carbocycles. The van der Waals surface area contributed by atoms with Crippen LogP contribution < -0.4 is 0 Å². The van der Waals surface area contributed by atoms with Gasteiger partial charge in [0.25, 0.3) is 0 Å². The molecule has 1 aromatic heterocycles. The molecule has 1 fully saturated rings. The zero-order valence-corrected chi connectivity index (χ0v) is 10.3. The Balaban J connectivity index is 2.04. The molecule has 1 aliphatic heterocycles. The van der Waals surface area contributed by atoms with Crippen molar-refractivity contribution in [2.45, 2.75) is 38.6 Å². The molecular weight excluding hydrogens is 236 g/mol. The standard InChI is InChI=1S/C12H16N2O4/c1-8-6-9(13-18-8)7-11(15)14-5-3-2-4-10(14)12(16)17/h6,10H,2-5,7H2,1H3,(H,16,17)/t10-/m0/s1. The molecule has 1 saturated heterocycles. The molecule has 0 aromatic carbocycles. The number of aryl methyl sites for hydroxylation is 1. The summed E-state index contributed by atoms with van der Waals surface area (Å²) in [6.45, 7) is 2.26. The predicted octanol–water partition coefficient (Wildman–Crippen LogP) is 0.991. The minimum absolute atomic E-state index is 0.0983. The maximum Gasteiger partial charge on any atom is 0.326 e. The van der Waals surface area contributed by atoms with Crippen LogP contribution in [0.25, 0.3) is 0 Å². The monoisotopic (exact) mass is 252 g/mol. The number of hydrogen-bond acceptors (Lipinski definition) is 4. The minimum atomic E-state index is -0.931. The molecule has 1 aliphatic rings. The molecule has 18 heavy (non-hydrogen) atoms. The minimum Gasteiger partial charge on any atom is -0.480 e. The number of rotatable bonds is 3. The fourth-order valence-corrected chi connectivity index (χ4v) is 2.24. The number of likely N-dealkylation sites (tertiary alicyclic amines) is 1. The topological polar surface area (TPSA) is 83.6 Å². The smallest absolute Gasteiger partial charge is 0.326 e. The van der Waals surface area contributed by atoms with Crippen LogP contribution in [0.1, 0.15) is 30.7 Å². The molecule has 1 N–H and O–H groups in total. The van der Waals surface area contributed by atoms with Gasteiger partial charge in [0.1, 0.15) is 11.8 Å². The van der Waals surface area contributed by atoms with E-state index in [1.54, 1.807) is 13.0 Å². The highest BCUT2D eigenvalue weighted by Crippen LogP contribution is 2.18. The first-order valence-corrected chi connectivity index (χ1v) is 6.02. The molecule has 6 heteroatoms. The third-order valence-electron chi connectivity index (χ3n) is 3.12. The van der Waals surface area contributed by atoms with Crippen LogP contribution in [0.15, 0.2) is 10.6 Å². The maximum atomic E-state index is 12.1. The highest BCUT2D eigenvalue weighted by molar-refractivity contribution is 5.85. The number of nitrogens with zero attached hydrogens (tertiary/aromatic N) is 2. The van der Waals surface area contributed by atoms with Gasteiger partial charge in [0.15, 0.2) is 0 Å². The summed E-state index contributed by atoms with van der Waals surface area (Å²) < 4.78 is 4.89. The Morgan fingerprint density at radius 2 is 2.33 bits per heavy atom. The van der Waals surface area contributed by atoms with E-state index in [-0.39, 0.29) is 12.3 Å². The van der Waals surface area contributed by atoms with Crippen molar-refractivity contribution in [1.82, 2.24) is 10.1 Å². The second-order valence-corrected chi connectivity index (χ2v) is 4.54. The number of amides is 1. The van der Waals surface area contributed by atoms with Gasteiger partial charge in [-0.05, 0) is 26.2 Å². The molecule has 0 bridgehead atoms. The predicted molar refractivity (Wildman–Crippen MR) is 61.9 cm³/mol. The Morgan fingerprint density at radius 3 is 2.94 bits per heavy atom. The summed E-state index contributed by atoms with van der Waals surface area (Å²) in [6, 6.07) is 0.997.